The Balaban J connectivity index is 1.56. The van der Waals surface area contributed by atoms with Crippen LogP contribution in [0.15, 0.2) is 40.2 Å². The van der Waals surface area contributed by atoms with Gasteiger partial charge in [0.05, 0.1) is 10.2 Å². The van der Waals surface area contributed by atoms with Crippen molar-refractivity contribution >= 4 is 38.9 Å². The molecule has 3 rings (SSSR count). The Hall–Kier alpha value is -1.33. The van der Waals surface area contributed by atoms with Gasteiger partial charge >= 0.3 is 0 Å². The molecule has 3 nitrogen and oxygen atoms in total. The van der Waals surface area contributed by atoms with E-state index in [1.165, 1.54) is 11.3 Å². The molecule has 2 aromatic rings. The van der Waals surface area contributed by atoms with Crippen molar-refractivity contribution in [3.8, 4) is 0 Å². The second-order valence-corrected chi connectivity index (χ2v) is 8.14. The van der Waals surface area contributed by atoms with E-state index in [1.807, 2.05) is 17.0 Å². The Morgan fingerprint density at radius 3 is 2.59 bits per heavy atom. The normalized spacial score (nSPS) is 15.2. The lowest BCUT2D eigenvalue weighted by atomic mass is 10.2. The Morgan fingerprint density at radius 1 is 1.18 bits per heavy atom. The Bertz CT molecular complexity index is 662. The molecule has 0 N–H and O–H groups in total. The number of rotatable bonds is 3. The second kappa shape index (κ2) is 6.84. The van der Waals surface area contributed by atoms with E-state index in [4.69, 9.17) is 0 Å². The van der Waals surface area contributed by atoms with E-state index < -0.39 is 0 Å². The monoisotopic (exact) mass is 378 g/mol. The van der Waals surface area contributed by atoms with Gasteiger partial charge in [-0.25, -0.2) is 0 Å². The molecule has 0 atom stereocenters. The number of anilines is 1. The van der Waals surface area contributed by atoms with Gasteiger partial charge in [0, 0.05) is 36.7 Å². The number of hydrogen-bond donors (Lipinski definition) is 0. The van der Waals surface area contributed by atoms with Gasteiger partial charge in [-0.3, -0.25) is 4.79 Å². The van der Waals surface area contributed by atoms with Crippen LogP contribution in [0.3, 0.4) is 0 Å². The molecule has 0 aliphatic carbocycles. The minimum absolute atomic E-state index is 0.234. The molecule has 22 heavy (non-hydrogen) atoms. The molecule has 2 heterocycles. The van der Waals surface area contributed by atoms with Gasteiger partial charge in [0.15, 0.2) is 0 Å². The smallest absolute Gasteiger partial charge is 0.227 e. The lowest BCUT2D eigenvalue weighted by Crippen LogP contribution is -2.49. The van der Waals surface area contributed by atoms with Gasteiger partial charge in [0.2, 0.25) is 5.91 Å². The number of amides is 1. The zero-order chi connectivity index (χ0) is 15.5. The molecule has 116 valence electrons. The van der Waals surface area contributed by atoms with E-state index in [2.05, 4.69) is 52.0 Å². The van der Waals surface area contributed by atoms with Crippen LogP contribution in [0.4, 0.5) is 5.69 Å². The second-order valence-electron chi connectivity index (χ2n) is 5.59. The largest absolute Gasteiger partial charge is 0.368 e. The zero-order valence-corrected chi connectivity index (χ0v) is 15.0. The predicted molar refractivity (Wildman–Crippen MR) is 95.7 cm³/mol. The van der Waals surface area contributed by atoms with E-state index in [9.17, 15) is 4.79 Å². The molecule has 1 aromatic heterocycles. The molecule has 0 spiro atoms. The fourth-order valence-corrected chi connectivity index (χ4v) is 4.22. The van der Waals surface area contributed by atoms with Crippen molar-refractivity contribution in [2.45, 2.75) is 13.3 Å². The zero-order valence-electron chi connectivity index (χ0n) is 12.6. The van der Waals surface area contributed by atoms with Crippen LogP contribution < -0.4 is 4.90 Å². The average Bonchev–Trinajstić information content (AvgIpc) is 2.92. The summed E-state index contributed by atoms with van der Waals surface area (Å²) in [5.74, 6) is 0.234. The van der Waals surface area contributed by atoms with Gasteiger partial charge in [-0.2, -0.15) is 0 Å². The van der Waals surface area contributed by atoms with Crippen LogP contribution in [0.5, 0.6) is 0 Å². The summed E-state index contributed by atoms with van der Waals surface area (Å²) in [6.45, 7) is 5.54. The first kappa shape index (κ1) is 15.6. The van der Waals surface area contributed by atoms with Crippen LogP contribution in [0, 0.1) is 6.92 Å². The number of nitrogens with zero attached hydrogens (tertiary/aromatic N) is 2. The van der Waals surface area contributed by atoms with Crippen LogP contribution in [-0.2, 0) is 11.2 Å². The number of benzene rings is 1. The summed E-state index contributed by atoms with van der Waals surface area (Å²) in [4.78, 5) is 17.8. The van der Waals surface area contributed by atoms with Gasteiger partial charge in [-0.15, -0.1) is 11.3 Å². The molecular formula is C17H19BrN2OS. The molecule has 0 unspecified atom stereocenters. The van der Waals surface area contributed by atoms with Crippen molar-refractivity contribution in [2.24, 2.45) is 0 Å². The highest BCUT2D eigenvalue weighted by atomic mass is 79.9. The maximum Gasteiger partial charge on any atom is 0.227 e. The molecule has 0 saturated carbocycles. The lowest BCUT2D eigenvalue weighted by Gasteiger charge is -2.36. The number of hydrogen-bond acceptors (Lipinski definition) is 3. The van der Waals surface area contributed by atoms with E-state index in [1.54, 1.807) is 11.3 Å². The number of piperazine rings is 1. The van der Waals surface area contributed by atoms with Crippen molar-refractivity contribution in [1.29, 1.82) is 0 Å². The summed E-state index contributed by atoms with van der Waals surface area (Å²) in [7, 11) is 0. The molecule has 1 aromatic carbocycles. The van der Waals surface area contributed by atoms with E-state index in [0.717, 1.165) is 34.8 Å². The predicted octanol–water partition coefficient (Wildman–Crippen LogP) is 3.71. The third-order valence-corrected chi connectivity index (χ3v) is 5.58. The van der Waals surface area contributed by atoms with E-state index in [0.29, 0.717) is 6.42 Å². The minimum atomic E-state index is 0.234. The number of halogens is 1. The van der Waals surface area contributed by atoms with Crippen LogP contribution in [0.2, 0.25) is 0 Å². The quantitative estimate of drug-likeness (QED) is 0.812. The number of thiophene rings is 1. The third kappa shape index (κ3) is 3.70. The van der Waals surface area contributed by atoms with Gasteiger partial charge in [-0.1, -0.05) is 12.1 Å². The van der Waals surface area contributed by atoms with Crippen LogP contribution in [0.1, 0.15) is 10.4 Å². The van der Waals surface area contributed by atoms with E-state index in [-0.39, 0.29) is 5.91 Å². The summed E-state index contributed by atoms with van der Waals surface area (Å²) in [5, 5.41) is 0. The molecule has 1 aliphatic rings. The van der Waals surface area contributed by atoms with Crippen molar-refractivity contribution in [3.05, 3.63) is 50.6 Å². The van der Waals surface area contributed by atoms with Crippen molar-refractivity contribution in [1.82, 2.24) is 4.90 Å². The summed E-state index contributed by atoms with van der Waals surface area (Å²) < 4.78 is 1.08. The first-order chi connectivity index (χ1) is 10.6. The highest BCUT2D eigenvalue weighted by Crippen LogP contribution is 2.23. The minimum Gasteiger partial charge on any atom is -0.368 e. The molecule has 1 saturated heterocycles. The van der Waals surface area contributed by atoms with Gasteiger partial charge < -0.3 is 9.80 Å². The summed E-state index contributed by atoms with van der Waals surface area (Å²) in [5.41, 5.74) is 2.54. The number of carbonyl (C=O) groups excluding carboxylic acids is 1. The Labute approximate surface area is 143 Å². The SMILES string of the molecule is Cc1cccc(N2CCN(C(=O)Cc3ccc(Br)s3)CC2)c1. The number of carbonyl (C=O) groups is 1. The van der Waals surface area contributed by atoms with Crippen molar-refractivity contribution in [2.75, 3.05) is 31.1 Å². The Kier molecular flexibility index (Phi) is 4.84. The van der Waals surface area contributed by atoms with Crippen LogP contribution >= 0.6 is 27.3 Å². The standard InChI is InChI=1S/C17H19BrN2OS/c1-13-3-2-4-14(11-13)19-7-9-20(10-8-19)17(21)12-15-5-6-16(18)22-15/h2-6,11H,7-10,12H2,1H3. The van der Waals surface area contributed by atoms with E-state index >= 15 is 0 Å². The maximum absolute atomic E-state index is 12.4. The third-order valence-electron chi connectivity index (χ3n) is 3.95. The molecule has 1 aliphatic heterocycles. The number of aryl methyl sites for hydroxylation is 1. The van der Waals surface area contributed by atoms with Gasteiger partial charge in [-0.05, 0) is 52.7 Å². The lowest BCUT2D eigenvalue weighted by molar-refractivity contribution is -0.130. The summed E-state index contributed by atoms with van der Waals surface area (Å²) in [6.07, 6.45) is 0.515. The van der Waals surface area contributed by atoms with Crippen LogP contribution in [0.25, 0.3) is 0 Å². The maximum atomic E-state index is 12.4. The molecule has 0 radical (unpaired) electrons. The topological polar surface area (TPSA) is 23.6 Å². The van der Waals surface area contributed by atoms with Gasteiger partial charge in [0.1, 0.15) is 0 Å². The first-order valence-corrected chi connectivity index (χ1v) is 9.06. The van der Waals surface area contributed by atoms with Crippen molar-refractivity contribution < 1.29 is 4.79 Å². The molecule has 1 amide bonds. The van der Waals surface area contributed by atoms with Crippen molar-refractivity contribution in [3.63, 3.8) is 0 Å². The fourth-order valence-electron chi connectivity index (χ4n) is 2.75. The summed E-state index contributed by atoms with van der Waals surface area (Å²) >= 11 is 5.08. The average molecular weight is 379 g/mol. The highest BCUT2D eigenvalue weighted by molar-refractivity contribution is 9.11. The molecular weight excluding hydrogens is 360 g/mol. The summed E-state index contributed by atoms with van der Waals surface area (Å²) in [6, 6.07) is 12.6. The van der Waals surface area contributed by atoms with Gasteiger partial charge in [0.25, 0.3) is 0 Å². The van der Waals surface area contributed by atoms with Crippen LogP contribution in [-0.4, -0.2) is 37.0 Å². The Morgan fingerprint density at radius 2 is 1.95 bits per heavy atom. The fraction of sp³-hybridized carbons (Fsp3) is 0.353. The highest BCUT2D eigenvalue weighted by Gasteiger charge is 2.21. The molecule has 1 fully saturated rings. The molecule has 5 heteroatoms. The first-order valence-electron chi connectivity index (χ1n) is 7.45. The molecule has 0 bridgehead atoms.